The highest BCUT2D eigenvalue weighted by molar-refractivity contribution is 5.93. The highest BCUT2D eigenvalue weighted by Crippen LogP contribution is 2.13. The fraction of sp³-hybridized carbons (Fsp3) is 0.474. The maximum Gasteiger partial charge on any atom is 0.326 e. The van der Waals surface area contributed by atoms with Crippen molar-refractivity contribution in [2.24, 2.45) is 17.4 Å². The van der Waals surface area contributed by atoms with E-state index in [1.54, 1.807) is 19.1 Å². The van der Waals surface area contributed by atoms with Gasteiger partial charge in [-0.2, -0.15) is 0 Å². The molecule has 0 fully saturated rings. The van der Waals surface area contributed by atoms with Gasteiger partial charge in [-0.3, -0.25) is 14.4 Å². The number of carboxylic acid groups (broad SMARTS) is 1. The van der Waals surface area contributed by atoms with Gasteiger partial charge in [-0.1, -0.05) is 32.4 Å². The number of nitrogens with one attached hydrogen (secondary N) is 2. The molecule has 0 saturated carbocycles. The number of rotatable bonds is 11. The Bertz CT molecular complexity index is 737. The average molecular weight is 408 g/mol. The summed E-state index contributed by atoms with van der Waals surface area (Å²) in [4.78, 5) is 47.5. The van der Waals surface area contributed by atoms with Gasteiger partial charge in [-0.15, -0.1) is 0 Å². The quantitative estimate of drug-likeness (QED) is 0.278. The molecule has 8 N–H and O–H groups in total. The van der Waals surface area contributed by atoms with Crippen LogP contribution in [0.3, 0.4) is 0 Å². The maximum atomic E-state index is 12.7. The summed E-state index contributed by atoms with van der Waals surface area (Å²) in [5.74, 6) is -3.68. The van der Waals surface area contributed by atoms with E-state index in [2.05, 4.69) is 10.6 Å². The molecule has 0 heterocycles. The summed E-state index contributed by atoms with van der Waals surface area (Å²) in [6.45, 7) is 3.53. The van der Waals surface area contributed by atoms with Gasteiger partial charge in [0.1, 0.15) is 17.8 Å². The van der Waals surface area contributed by atoms with E-state index < -0.39 is 41.8 Å². The molecule has 160 valence electrons. The predicted molar refractivity (Wildman–Crippen MR) is 105 cm³/mol. The van der Waals surface area contributed by atoms with Gasteiger partial charge in [-0.25, -0.2) is 4.79 Å². The van der Waals surface area contributed by atoms with Gasteiger partial charge in [-0.05, 0) is 23.6 Å². The van der Waals surface area contributed by atoms with Crippen LogP contribution in [-0.4, -0.2) is 52.0 Å². The number of carboxylic acids is 1. The monoisotopic (exact) mass is 408 g/mol. The van der Waals surface area contributed by atoms with Gasteiger partial charge in [0.15, 0.2) is 0 Å². The minimum absolute atomic E-state index is 0.0102. The number of amides is 3. The number of aromatic hydroxyl groups is 1. The van der Waals surface area contributed by atoms with Gasteiger partial charge in [0.2, 0.25) is 17.7 Å². The van der Waals surface area contributed by atoms with Crippen LogP contribution in [0.2, 0.25) is 0 Å². The van der Waals surface area contributed by atoms with E-state index >= 15 is 0 Å². The molecule has 0 aromatic heterocycles. The molecular formula is C19H28N4O6. The fourth-order valence-electron chi connectivity index (χ4n) is 2.60. The van der Waals surface area contributed by atoms with Crippen LogP contribution in [0.25, 0.3) is 0 Å². The largest absolute Gasteiger partial charge is 0.508 e. The third-order valence-corrected chi connectivity index (χ3v) is 4.54. The number of phenols is 1. The minimum Gasteiger partial charge on any atom is -0.508 e. The Morgan fingerprint density at radius 1 is 1.07 bits per heavy atom. The van der Waals surface area contributed by atoms with Crippen molar-refractivity contribution in [3.63, 3.8) is 0 Å². The summed E-state index contributed by atoms with van der Waals surface area (Å²) in [5, 5.41) is 23.7. The maximum absolute atomic E-state index is 12.7. The van der Waals surface area contributed by atoms with Gasteiger partial charge >= 0.3 is 5.97 Å². The summed E-state index contributed by atoms with van der Waals surface area (Å²) in [6.07, 6.45) is 0.141. The average Bonchev–Trinajstić information content (AvgIpc) is 2.65. The second-order valence-corrected chi connectivity index (χ2v) is 6.92. The van der Waals surface area contributed by atoms with Crippen LogP contribution in [0.4, 0.5) is 0 Å². The molecule has 10 heteroatoms. The molecule has 1 rings (SSSR count). The van der Waals surface area contributed by atoms with E-state index in [9.17, 15) is 29.4 Å². The number of nitrogens with two attached hydrogens (primary N) is 2. The van der Waals surface area contributed by atoms with Crippen molar-refractivity contribution in [2.45, 2.75) is 51.2 Å². The van der Waals surface area contributed by atoms with E-state index in [1.165, 1.54) is 12.1 Å². The molecule has 1 aromatic rings. The number of phenolic OH excluding ortho intramolecular Hbond substituents is 1. The van der Waals surface area contributed by atoms with E-state index in [1.807, 2.05) is 6.92 Å². The zero-order valence-corrected chi connectivity index (χ0v) is 16.4. The van der Waals surface area contributed by atoms with Crippen molar-refractivity contribution in [3.8, 4) is 5.75 Å². The lowest BCUT2D eigenvalue weighted by atomic mass is 9.96. The molecule has 0 saturated heterocycles. The first-order valence-electron chi connectivity index (χ1n) is 9.20. The van der Waals surface area contributed by atoms with Crippen molar-refractivity contribution < 1.29 is 29.4 Å². The SMILES string of the molecule is CCC(C)C(NC(=O)C(N)CC(N)=O)C(=O)NC(Cc1ccc(O)cc1)C(=O)O. The van der Waals surface area contributed by atoms with Crippen LogP contribution in [0.15, 0.2) is 24.3 Å². The van der Waals surface area contributed by atoms with E-state index in [4.69, 9.17) is 11.5 Å². The summed E-state index contributed by atoms with van der Waals surface area (Å²) in [6, 6.07) is 2.45. The number of hydrogen-bond acceptors (Lipinski definition) is 6. The first-order chi connectivity index (χ1) is 13.5. The van der Waals surface area contributed by atoms with Crippen LogP contribution < -0.4 is 22.1 Å². The Labute approximate surface area is 168 Å². The Kier molecular flexibility index (Phi) is 9.07. The predicted octanol–water partition coefficient (Wildman–Crippen LogP) is -0.762. The van der Waals surface area contributed by atoms with Gasteiger partial charge in [0, 0.05) is 6.42 Å². The number of aliphatic carboxylic acids is 1. The van der Waals surface area contributed by atoms with Crippen molar-refractivity contribution in [3.05, 3.63) is 29.8 Å². The number of benzene rings is 1. The Morgan fingerprint density at radius 2 is 1.66 bits per heavy atom. The van der Waals surface area contributed by atoms with Gasteiger partial charge in [0.05, 0.1) is 12.5 Å². The molecule has 0 radical (unpaired) electrons. The smallest absolute Gasteiger partial charge is 0.326 e. The molecule has 4 unspecified atom stereocenters. The summed E-state index contributed by atoms with van der Waals surface area (Å²) < 4.78 is 0. The van der Waals surface area contributed by atoms with Crippen LogP contribution >= 0.6 is 0 Å². The molecule has 29 heavy (non-hydrogen) atoms. The van der Waals surface area contributed by atoms with Crippen molar-refractivity contribution >= 4 is 23.7 Å². The van der Waals surface area contributed by atoms with E-state index in [0.29, 0.717) is 12.0 Å². The highest BCUT2D eigenvalue weighted by Gasteiger charge is 2.31. The molecule has 0 aliphatic rings. The normalized spacial score (nSPS) is 14.9. The molecule has 0 spiro atoms. The molecule has 0 aliphatic heterocycles. The molecule has 10 nitrogen and oxygen atoms in total. The van der Waals surface area contributed by atoms with Gasteiger partial charge in [0.25, 0.3) is 0 Å². The van der Waals surface area contributed by atoms with Crippen molar-refractivity contribution in [2.75, 3.05) is 0 Å². The third kappa shape index (κ3) is 7.78. The highest BCUT2D eigenvalue weighted by atomic mass is 16.4. The Morgan fingerprint density at radius 3 is 2.14 bits per heavy atom. The minimum atomic E-state index is -1.24. The lowest BCUT2D eigenvalue weighted by Gasteiger charge is -2.26. The van der Waals surface area contributed by atoms with Crippen molar-refractivity contribution in [1.82, 2.24) is 10.6 Å². The van der Waals surface area contributed by atoms with Crippen LogP contribution in [-0.2, 0) is 25.6 Å². The Hall–Kier alpha value is -3.14. The van der Waals surface area contributed by atoms with Crippen LogP contribution in [0.5, 0.6) is 5.75 Å². The second-order valence-electron chi connectivity index (χ2n) is 6.92. The number of carbonyl (C=O) groups is 4. The zero-order chi connectivity index (χ0) is 22.1. The summed E-state index contributed by atoms with van der Waals surface area (Å²) in [7, 11) is 0. The first kappa shape index (κ1) is 23.9. The molecule has 1 aromatic carbocycles. The lowest BCUT2D eigenvalue weighted by molar-refractivity contribution is -0.142. The number of hydrogen-bond donors (Lipinski definition) is 6. The first-order valence-corrected chi connectivity index (χ1v) is 9.20. The second kappa shape index (κ2) is 11.0. The summed E-state index contributed by atoms with van der Waals surface area (Å²) in [5.41, 5.74) is 11.2. The van der Waals surface area contributed by atoms with Crippen molar-refractivity contribution in [1.29, 1.82) is 0 Å². The molecule has 0 aliphatic carbocycles. The fourth-order valence-corrected chi connectivity index (χ4v) is 2.60. The number of primary amides is 1. The molecule has 4 atom stereocenters. The van der Waals surface area contributed by atoms with E-state index in [-0.39, 0.29) is 24.5 Å². The number of carbonyl (C=O) groups excluding carboxylic acids is 3. The molecular weight excluding hydrogens is 380 g/mol. The van der Waals surface area contributed by atoms with E-state index in [0.717, 1.165) is 0 Å². The topological polar surface area (TPSA) is 185 Å². The summed E-state index contributed by atoms with van der Waals surface area (Å²) >= 11 is 0. The van der Waals surface area contributed by atoms with Crippen LogP contribution in [0.1, 0.15) is 32.3 Å². The Balaban J connectivity index is 2.90. The molecule has 3 amide bonds. The van der Waals surface area contributed by atoms with Gasteiger partial charge < -0.3 is 32.3 Å². The lowest BCUT2D eigenvalue weighted by Crippen LogP contribution is -2.57. The molecule has 0 bridgehead atoms. The van der Waals surface area contributed by atoms with Crippen LogP contribution in [0, 0.1) is 5.92 Å². The standard InChI is InChI=1S/C19H28N4O6/c1-3-10(2)16(23-17(26)13(20)9-15(21)25)18(27)22-14(19(28)29)8-11-4-6-12(24)7-5-11/h4-7,10,13-14,16,24H,3,8-9,20H2,1-2H3,(H2,21,25)(H,22,27)(H,23,26)(H,28,29). The third-order valence-electron chi connectivity index (χ3n) is 4.54. The zero-order valence-electron chi connectivity index (χ0n) is 16.4.